The lowest BCUT2D eigenvalue weighted by atomic mass is 9.76. The molecule has 3 atom stereocenters. The highest BCUT2D eigenvalue weighted by Gasteiger charge is 2.40. The van der Waals surface area contributed by atoms with Crippen LogP contribution in [0.15, 0.2) is 65.8 Å². The number of unbranched alkanes of at least 4 members (excludes halogenated alkanes) is 2. The van der Waals surface area contributed by atoms with Gasteiger partial charge in [0.05, 0.1) is 5.71 Å². The minimum Gasteiger partial charge on any atom is -0.411 e. The van der Waals surface area contributed by atoms with Crippen molar-refractivity contribution in [2.75, 3.05) is 7.05 Å². The average Bonchev–Trinajstić information content (AvgIpc) is 2.70. The van der Waals surface area contributed by atoms with E-state index in [1.165, 1.54) is 30.4 Å². The van der Waals surface area contributed by atoms with Crippen LogP contribution in [-0.2, 0) is 0 Å². The Morgan fingerprint density at radius 3 is 2.15 bits per heavy atom. The zero-order valence-electron chi connectivity index (χ0n) is 15.9. The molecule has 0 spiro atoms. The van der Waals surface area contributed by atoms with Gasteiger partial charge >= 0.3 is 0 Å². The molecule has 1 aliphatic rings. The number of likely N-dealkylation sites (tertiary alicyclic amines) is 1. The van der Waals surface area contributed by atoms with E-state index in [-0.39, 0.29) is 18.0 Å². The first-order valence-corrected chi connectivity index (χ1v) is 9.79. The number of rotatable bonds is 6. The van der Waals surface area contributed by atoms with E-state index in [1.54, 1.807) is 0 Å². The van der Waals surface area contributed by atoms with E-state index in [0.717, 1.165) is 18.6 Å². The van der Waals surface area contributed by atoms with Gasteiger partial charge in [-0.05, 0) is 24.6 Å². The SMILES string of the molecule is CCCCC[C@H]1/C(=N/O)C[C@@H](c2ccccc2)N(C)[C@@H]1c1ccccc1. The van der Waals surface area contributed by atoms with Crippen LogP contribution in [0.1, 0.15) is 62.2 Å². The molecule has 26 heavy (non-hydrogen) atoms. The van der Waals surface area contributed by atoms with Gasteiger partial charge in [-0.25, -0.2) is 0 Å². The topological polar surface area (TPSA) is 35.8 Å². The van der Waals surface area contributed by atoms with Gasteiger partial charge in [-0.1, -0.05) is 92.0 Å². The summed E-state index contributed by atoms with van der Waals surface area (Å²) in [6, 6.07) is 21.7. The number of nitrogens with zero attached hydrogens (tertiary/aromatic N) is 2. The molecular weight excluding hydrogens is 320 g/mol. The first-order valence-electron chi connectivity index (χ1n) is 9.79. The van der Waals surface area contributed by atoms with Crippen molar-refractivity contribution < 1.29 is 5.21 Å². The van der Waals surface area contributed by atoms with Crippen LogP contribution in [0.5, 0.6) is 0 Å². The Hall–Kier alpha value is -2.13. The maximum Gasteiger partial charge on any atom is 0.0639 e. The van der Waals surface area contributed by atoms with Crippen molar-refractivity contribution in [3.63, 3.8) is 0 Å². The van der Waals surface area contributed by atoms with E-state index in [2.05, 4.69) is 84.7 Å². The summed E-state index contributed by atoms with van der Waals surface area (Å²) in [6.45, 7) is 2.23. The Balaban J connectivity index is 1.97. The van der Waals surface area contributed by atoms with E-state index in [0.29, 0.717) is 0 Å². The Kier molecular flexibility index (Phi) is 6.45. The Labute approximate surface area is 157 Å². The van der Waals surface area contributed by atoms with E-state index in [1.807, 2.05) is 0 Å². The van der Waals surface area contributed by atoms with Crippen LogP contribution in [0, 0.1) is 5.92 Å². The summed E-state index contributed by atoms with van der Waals surface area (Å²) in [7, 11) is 2.22. The van der Waals surface area contributed by atoms with Crippen molar-refractivity contribution in [2.45, 2.75) is 51.1 Å². The fourth-order valence-electron chi connectivity index (χ4n) is 4.35. The van der Waals surface area contributed by atoms with Crippen molar-refractivity contribution in [3.05, 3.63) is 71.8 Å². The second kappa shape index (κ2) is 9.00. The van der Waals surface area contributed by atoms with Gasteiger partial charge in [0, 0.05) is 24.4 Å². The number of oxime groups is 1. The molecule has 0 radical (unpaired) electrons. The number of hydrogen-bond donors (Lipinski definition) is 1. The van der Waals surface area contributed by atoms with Crippen molar-refractivity contribution in [2.24, 2.45) is 11.1 Å². The summed E-state index contributed by atoms with van der Waals surface area (Å²) < 4.78 is 0. The molecule has 1 saturated heterocycles. The third-order valence-electron chi connectivity index (χ3n) is 5.71. The van der Waals surface area contributed by atoms with Crippen LogP contribution in [0.3, 0.4) is 0 Å². The highest BCUT2D eigenvalue weighted by molar-refractivity contribution is 5.88. The molecule has 0 aromatic heterocycles. The molecule has 138 valence electrons. The molecule has 1 N–H and O–H groups in total. The van der Waals surface area contributed by atoms with Crippen molar-refractivity contribution in [3.8, 4) is 0 Å². The van der Waals surface area contributed by atoms with Crippen LogP contribution in [0.4, 0.5) is 0 Å². The van der Waals surface area contributed by atoms with Gasteiger partial charge in [0.2, 0.25) is 0 Å². The monoisotopic (exact) mass is 350 g/mol. The maximum absolute atomic E-state index is 9.80. The van der Waals surface area contributed by atoms with Crippen LogP contribution in [0.2, 0.25) is 0 Å². The molecule has 3 nitrogen and oxygen atoms in total. The molecule has 1 aliphatic heterocycles. The first-order chi connectivity index (χ1) is 12.8. The summed E-state index contributed by atoms with van der Waals surface area (Å²) in [5, 5.41) is 13.6. The summed E-state index contributed by atoms with van der Waals surface area (Å²) in [5.74, 6) is 0.263. The zero-order chi connectivity index (χ0) is 18.4. The van der Waals surface area contributed by atoms with Gasteiger partial charge in [0.1, 0.15) is 0 Å². The van der Waals surface area contributed by atoms with Crippen LogP contribution >= 0.6 is 0 Å². The first kappa shape index (κ1) is 18.7. The van der Waals surface area contributed by atoms with E-state index >= 15 is 0 Å². The third kappa shape index (κ3) is 3.99. The summed E-state index contributed by atoms with van der Waals surface area (Å²) >= 11 is 0. The lowest BCUT2D eigenvalue weighted by molar-refractivity contribution is 0.117. The molecular formula is C23H30N2O. The van der Waals surface area contributed by atoms with E-state index < -0.39 is 0 Å². The predicted octanol–water partition coefficient (Wildman–Crippen LogP) is 5.83. The van der Waals surface area contributed by atoms with Crippen molar-refractivity contribution in [1.82, 2.24) is 4.90 Å². The van der Waals surface area contributed by atoms with Crippen LogP contribution < -0.4 is 0 Å². The highest BCUT2D eigenvalue weighted by Crippen LogP contribution is 2.44. The Morgan fingerprint density at radius 1 is 0.962 bits per heavy atom. The van der Waals surface area contributed by atoms with E-state index in [4.69, 9.17) is 0 Å². The molecule has 1 fully saturated rings. The Morgan fingerprint density at radius 2 is 1.58 bits per heavy atom. The highest BCUT2D eigenvalue weighted by atomic mass is 16.4. The standard InChI is InChI=1S/C23H30N2O/c1-3-4-7-16-20-21(24-26)17-22(18-12-8-5-9-13-18)25(2)23(20)19-14-10-6-11-15-19/h5-6,8-15,20,22-23,26H,3-4,7,16-17H2,1-2H3/b24-21+/t20-,22-,23+/m0/s1. The molecule has 0 bridgehead atoms. The van der Waals surface area contributed by atoms with Gasteiger partial charge in [-0.15, -0.1) is 0 Å². The summed E-state index contributed by atoms with van der Waals surface area (Å²) in [5.41, 5.74) is 3.53. The number of benzene rings is 2. The zero-order valence-corrected chi connectivity index (χ0v) is 15.9. The minimum atomic E-state index is 0.231. The average molecular weight is 351 g/mol. The third-order valence-corrected chi connectivity index (χ3v) is 5.71. The van der Waals surface area contributed by atoms with Gasteiger partial charge in [0.25, 0.3) is 0 Å². The van der Waals surface area contributed by atoms with Gasteiger partial charge in [0.15, 0.2) is 0 Å². The molecule has 3 heteroatoms. The van der Waals surface area contributed by atoms with Gasteiger partial charge in [-0.3, -0.25) is 4.90 Å². The number of hydrogen-bond acceptors (Lipinski definition) is 3. The number of piperidine rings is 1. The minimum absolute atomic E-state index is 0.231. The lowest BCUT2D eigenvalue weighted by Crippen LogP contribution is -2.43. The normalized spacial score (nSPS) is 25.5. The molecule has 2 aromatic rings. The fraction of sp³-hybridized carbons (Fsp3) is 0.435. The molecule has 0 amide bonds. The van der Waals surface area contributed by atoms with Gasteiger partial charge in [-0.2, -0.15) is 0 Å². The summed E-state index contributed by atoms with van der Waals surface area (Å²) in [4.78, 5) is 2.48. The van der Waals surface area contributed by atoms with Gasteiger partial charge < -0.3 is 5.21 Å². The Bertz CT molecular complexity index is 699. The molecule has 3 rings (SSSR count). The lowest BCUT2D eigenvalue weighted by Gasteiger charge is -2.45. The molecule has 0 aliphatic carbocycles. The predicted molar refractivity (Wildman–Crippen MR) is 108 cm³/mol. The molecule has 2 aromatic carbocycles. The van der Waals surface area contributed by atoms with Crippen molar-refractivity contribution in [1.29, 1.82) is 0 Å². The molecule has 1 heterocycles. The molecule has 0 unspecified atom stereocenters. The fourth-order valence-corrected chi connectivity index (χ4v) is 4.35. The quantitative estimate of drug-likeness (QED) is 0.404. The summed E-state index contributed by atoms with van der Waals surface area (Å²) in [6.07, 6.45) is 5.46. The molecule has 0 saturated carbocycles. The smallest absolute Gasteiger partial charge is 0.0639 e. The van der Waals surface area contributed by atoms with Crippen molar-refractivity contribution >= 4 is 5.71 Å². The largest absolute Gasteiger partial charge is 0.411 e. The second-order valence-corrected chi connectivity index (χ2v) is 7.35. The maximum atomic E-state index is 9.80. The van der Waals surface area contributed by atoms with Crippen LogP contribution in [-0.4, -0.2) is 22.9 Å². The second-order valence-electron chi connectivity index (χ2n) is 7.35. The van der Waals surface area contributed by atoms with E-state index in [9.17, 15) is 5.21 Å². The van der Waals surface area contributed by atoms with Crippen LogP contribution in [0.25, 0.3) is 0 Å².